The van der Waals surface area contributed by atoms with Crippen LogP contribution in [0.5, 0.6) is 11.5 Å². The van der Waals surface area contributed by atoms with E-state index < -0.39 is 0 Å². The molecule has 0 amide bonds. The second-order valence-corrected chi connectivity index (χ2v) is 4.45. The van der Waals surface area contributed by atoms with Gasteiger partial charge in [-0.3, -0.25) is 0 Å². The van der Waals surface area contributed by atoms with Crippen molar-refractivity contribution in [3.63, 3.8) is 0 Å². The number of hydrogen-bond donors (Lipinski definition) is 1. The normalized spacial score (nSPS) is 11.9. The van der Waals surface area contributed by atoms with Crippen LogP contribution in [0.3, 0.4) is 0 Å². The maximum atomic E-state index is 6.14. The van der Waals surface area contributed by atoms with Crippen molar-refractivity contribution >= 4 is 0 Å². The summed E-state index contributed by atoms with van der Waals surface area (Å²) in [7, 11) is 1.92. The Kier molecular flexibility index (Phi) is 5.44. The average Bonchev–Trinajstić information content (AvgIpc) is 2.50. The third-order valence-corrected chi connectivity index (χ3v) is 2.98. The molecule has 0 aliphatic carbocycles. The fourth-order valence-corrected chi connectivity index (χ4v) is 2.06. The molecule has 1 unspecified atom stereocenters. The smallest absolute Gasteiger partial charge is 0.162 e. The highest BCUT2D eigenvalue weighted by Gasteiger charge is 2.14. The summed E-state index contributed by atoms with van der Waals surface area (Å²) in [6.07, 6.45) is -0.0391. The second-order valence-electron chi connectivity index (χ2n) is 4.45. The first kappa shape index (κ1) is 14.4. The number of rotatable bonds is 7. The van der Waals surface area contributed by atoms with Gasteiger partial charge < -0.3 is 14.8 Å². The molecule has 3 nitrogen and oxygen atoms in total. The van der Waals surface area contributed by atoms with E-state index in [0.717, 1.165) is 23.6 Å². The van der Waals surface area contributed by atoms with Gasteiger partial charge in [0.1, 0.15) is 6.10 Å². The summed E-state index contributed by atoms with van der Waals surface area (Å²) in [6.45, 7) is 3.34. The van der Waals surface area contributed by atoms with Crippen LogP contribution in [0.15, 0.2) is 54.6 Å². The highest BCUT2D eigenvalue weighted by atomic mass is 16.5. The van der Waals surface area contributed by atoms with Crippen LogP contribution in [-0.4, -0.2) is 20.2 Å². The standard InChI is InChI=1S/C17H21NO2/c1-3-19-15-11-7-8-12-16(15)20-17(13-18-2)14-9-5-4-6-10-14/h4-12,17-18H,3,13H2,1-2H3. The molecular formula is C17H21NO2. The quantitative estimate of drug-likeness (QED) is 0.837. The molecule has 0 radical (unpaired) electrons. The minimum absolute atomic E-state index is 0.0391. The Morgan fingerprint density at radius 1 is 0.950 bits per heavy atom. The molecule has 1 N–H and O–H groups in total. The maximum Gasteiger partial charge on any atom is 0.162 e. The highest BCUT2D eigenvalue weighted by Crippen LogP contribution is 2.30. The summed E-state index contributed by atoms with van der Waals surface area (Å²) in [5, 5.41) is 3.17. The second kappa shape index (κ2) is 7.56. The van der Waals surface area contributed by atoms with Crippen LogP contribution >= 0.6 is 0 Å². The van der Waals surface area contributed by atoms with Crippen LogP contribution in [0.2, 0.25) is 0 Å². The molecule has 0 aliphatic rings. The lowest BCUT2D eigenvalue weighted by Gasteiger charge is -2.21. The zero-order valence-electron chi connectivity index (χ0n) is 12.0. The Bertz CT molecular complexity index is 513. The maximum absolute atomic E-state index is 6.14. The lowest BCUT2D eigenvalue weighted by Crippen LogP contribution is -2.22. The van der Waals surface area contributed by atoms with E-state index in [1.54, 1.807) is 0 Å². The first-order valence-electron chi connectivity index (χ1n) is 6.93. The fourth-order valence-electron chi connectivity index (χ4n) is 2.06. The topological polar surface area (TPSA) is 30.5 Å². The molecule has 0 bridgehead atoms. The molecule has 106 valence electrons. The minimum Gasteiger partial charge on any atom is -0.490 e. The number of hydrogen-bond acceptors (Lipinski definition) is 3. The monoisotopic (exact) mass is 271 g/mol. The minimum atomic E-state index is -0.0391. The van der Waals surface area contributed by atoms with Gasteiger partial charge in [-0.05, 0) is 31.7 Å². The van der Waals surface area contributed by atoms with E-state index in [1.807, 2.05) is 56.4 Å². The molecule has 0 aromatic heterocycles. The van der Waals surface area contributed by atoms with Crippen LogP contribution in [0, 0.1) is 0 Å². The van der Waals surface area contributed by atoms with Gasteiger partial charge in [-0.15, -0.1) is 0 Å². The van der Waals surface area contributed by atoms with E-state index in [-0.39, 0.29) is 6.10 Å². The molecule has 0 aliphatic heterocycles. The van der Waals surface area contributed by atoms with Crippen LogP contribution in [-0.2, 0) is 0 Å². The van der Waals surface area contributed by atoms with Crippen molar-refractivity contribution in [1.29, 1.82) is 0 Å². The molecule has 3 heteroatoms. The first-order chi connectivity index (χ1) is 9.85. The number of ether oxygens (including phenoxy) is 2. The summed E-state index contributed by atoms with van der Waals surface area (Å²) in [4.78, 5) is 0. The van der Waals surface area contributed by atoms with Crippen LogP contribution in [0.1, 0.15) is 18.6 Å². The predicted octanol–water partition coefficient (Wildman–Crippen LogP) is 3.42. The third-order valence-electron chi connectivity index (χ3n) is 2.98. The van der Waals surface area contributed by atoms with E-state index in [4.69, 9.17) is 9.47 Å². The van der Waals surface area contributed by atoms with Crippen LogP contribution in [0.4, 0.5) is 0 Å². The Hall–Kier alpha value is -2.00. The van der Waals surface area contributed by atoms with Crippen molar-refractivity contribution in [1.82, 2.24) is 5.32 Å². The summed E-state index contributed by atoms with van der Waals surface area (Å²) >= 11 is 0. The van der Waals surface area contributed by atoms with Gasteiger partial charge in [-0.2, -0.15) is 0 Å². The van der Waals surface area contributed by atoms with Crippen molar-refractivity contribution in [2.24, 2.45) is 0 Å². The third kappa shape index (κ3) is 3.75. The zero-order valence-corrected chi connectivity index (χ0v) is 12.0. The number of likely N-dealkylation sites (N-methyl/N-ethyl adjacent to an activating group) is 1. The van der Waals surface area contributed by atoms with Crippen LogP contribution < -0.4 is 14.8 Å². The number of para-hydroxylation sites is 2. The molecule has 0 fully saturated rings. The van der Waals surface area contributed by atoms with Gasteiger partial charge >= 0.3 is 0 Å². The molecular weight excluding hydrogens is 250 g/mol. The molecule has 2 aromatic carbocycles. The molecule has 0 saturated heterocycles. The molecule has 2 aromatic rings. The molecule has 2 rings (SSSR count). The Labute approximate surface area is 120 Å². The van der Waals surface area contributed by atoms with E-state index >= 15 is 0 Å². The Balaban J connectivity index is 2.20. The highest BCUT2D eigenvalue weighted by molar-refractivity contribution is 5.40. The van der Waals surface area contributed by atoms with E-state index in [2.05, 4.69) is 17.4 Å². The average molecular weight is 271 g/mol. The number of nitrogens with one attached hydrogen (secondary N) is 1. The Morgan fingerprint density at radius 3 is 2.25 bits per heavy atom. The number of benzene rings is 2. The largest absolute Gasteiger partial charge is 0.490 e. The fraction of sp³-hybridized carbons (Fsp3) is 0.294. The van der Waals surface area contributed by atoms with Crippen molar-refractivity contribution < 1.29 is 9.47 Å². The van der Waals surface area contributed by atoms with Crippen molar-refractivity contribution in [3.8, 4) is 11.5 Å². The summed E-state index contributed by atoms with van der Waals surface area (Å²) in [5.41, 5.74) is 1.15. The van der Waals surface area contributed by atoms with Crippen molar-refractivity contribution in [3.05, 3.63) is 60.2 Å². The SMILES string of the molecule is CCOc1ccccc1OC(CNC)c1ccccc1. The lowest BCUT2D eigenvalue weighted by molar-refractivity contribution is 0.192. The zero-order chi connectivity index (χ0) is 14.2. The van der Waals surface area contributed by atoms with E-state index in [1.165, 1.54) is 0 Å². The molecule has 0 saturated carbocycles. The van der Waals surface area contributed by atoms with Crippen molar-refractivity contribution in [2.45, 2.75) is 13.0 Å². The van der Waals surface area contributed by atoms with E-state index in [9.17, 15) is 0 Å². The van der Waals surface area contributed by atoms with Gasteiger partial charge in [0.05, 0.1) is 6.61 Å². The van der Waals surface area contributed by atoms with Crippen molar-refractivity contribution in [2.75, 3.05) is 20.2 Å². The van der Waals surface area contributed by atoms with Gasteiger partial charge in [0.2, 0.25) is 0 Å². The van der Waals surface area contributed by atoms with Gasteiger partial charge in [-0.1, -0.05) is 42.5 Å². The summed E-state index contributed by atoms with van der Waals surface area (Å²) < 4.78 is 11.7. The Morgan fingerprint density at radius 2 is 1.60 bits per heavy atom. The van der Waals surface area contributed by atoms with E-state index in [0.29, 0.717) is 6.61 Å². The van der Waals surface area contributed by atoms with Gasteiger partial charge in [0.25, 0.3) is 0 Å². The van der Waals surface area contributed by atoms with Gasteiger partial charge in [0.15, 0.2) is 11.5 Å². The van der Waals surface area contributed by atoms with Gasteiger partial charge in [0, 0.05) is 6.54 Å². The molecule has 1 atom stereocenters. The summed E-state index contributed by atoms with van der Waals surface area (Å²) in [5.74, 6) is 1.56. The van der Waals surface area contributed by atoms with Crippen LogP contribution in [0.25, 0.3) is 0 Å². The molecule has 0 heterocycles. The molecule has 0 spiro atoms. The van der Waals surface area contributed by atoms with Gasteiger partial charge in [-0.25, -0.2) is 0 Å². The summed E-state index contributed by atoms with van der Waals surface area (Å²) in [6, 6.07) is 18.0. The lowest BCUT2D eigenvalue weighted by atomic mass is 10.1. The predicted molar refractivity (Wildman–Crippen MR) is 81.3 cm³/mol. The molecule has 20 heavy (non-hydrogen) atoms. The first-order valence-corrected chi connectivity index (χ1v) is 6.93.